The third-order valence-corrected chi connectivity index (χ3v) is 3.31. The van der Waals surface area contributed by atoms with Crippen LogP contribution in [0.2, 0.25) is 0 Å². The Morgan fingerprint density at radius 3 is 2.73 bits per heavy atom. The van der Waals surface area contributed by atoms with E-state index >= 15 is 0 Å². The molecule has 1 saturated heterocycles. The van der Waals surface area contributed by atoms with Crippen molar-refractivity contribution < 1.29 is 4.74 Å². The van der Waals surface area contributed by atoms with Gasteiger partial charge in [-0.3, -0.25) is 0 Å². The Balaban J connectivity index is 2.25. The van der Waals surface area contributed by atoms with E-state index in [0.29, 0.717) is 6.04 Å². The predicted octanol–water partition coefficient (Wildman–Crippen LogP) is 2.67. The molecule has 1 aliphatic heterocycles. The van der Waals surface area contributed by atoms with Crippen LogP contribution >= 0.6 is 0 Å². The number of rotatable bonds is 2. The lowest BCUT2D eigenvalue weighted by molar-refractivity contribution is 0.410. The lowest BCUT2D eigenvalue weighted by atomic mass is 9.95. The first kappa shape index (κ1) is 10.5. The van der Waals surface area contributed by atoms with E-state index in [0.717, 1.165) is 18.2 Å². The number of ether oxygens (including phenoxy) is 1. The van der Waals surface area contributed by atoms with Gasteiger partial charge in [-0.25, -0.2) is 0 Å². The summed E-state index contributed by atoms with van der Waals surface area (Å²) in [6.07, 6.45) is 1.27. The molecular weight excluding hydrogens is 186 g/mol. The monoisotopic (exact) mass is 205 g/mol. The Bertz CT molecular complexity index is 348. The Morgan fingerprint density at radius 1 is 1.40 bits per heavy atom. The van der Waals surface area contributed by atoms with Gasteiger partial charge in [-0.1, -0.05) is 19.1 Å². The summed E-state index contributed by atoms with van der Waals surface area (Å²) in [6, 6.07) is 7.00. The van der Waals surface area contributed by atoms with E-state index in [-0.39, 0.29) is 0 Å². The molecule has 1 fully saturated rings. The van der Waals surface area contributed by atoms with Crippen LogP contribution in [0.4, 0.5) is 0 Å². The van der Waals surface area contributed by atoms with Crippen molar-refractivity contribution in [2.24, 2.45) is 5.92 Å². The normalized spacial score (nSPS) is 25.5. The highest BCUT2D eigenvalue weighted by Crippen LogP contribution is 2.31. The molecule has 1 aliphatic rings. The zero-order chi connectivity index (χ0) is 10.8. The molecule has 82 valence electrons. The fraction of sp³-hybridized carbons (Fsp3) is 0.538. The van der Waals surface area contributed by atoms with Crippen LogP contribution in [0.1, 0.15) is 30.5 Å². The second-order valence-corrected chi connectivity index (χ2v) is 4.43. The van der Waals surface area contributed by atoms with Gasteiger partial charge in [0.25, 0.3) is 0 Å². The van der Waals surface area contributed by atoms with E-state index in [9.17, 15) is 0 Å². The fourth-order valence-electron chi connectivity index (χ4n) is 2.38. The molecule has 0 radical (unpaired) electrons. The smallest absolute Gasteiger partial charge is 0.121 e. The van der Waals surface area contributed by atoms with Gasteiger partial charge >= 0.3 is 0 Å². The fourth-order valence-corrected chi connectivity index (χ4v) is 2.38. The molecule has 0 aromatic heterocycles. The highest BCUT2D eigenvalue weighted by atomic mass is 16.5. The van der Waals surface area contributed by atoms with E-state index < -0.39 is 0 Å². The first-order valence-corrected chi connectivity index (χ1v) is 5.60. The molecule has 1 aromatic rings. The number of benzene rings is 1. The molecule has 0 unspecified atom stereocenters. The maximum Gasteiger partial charge on any atom is 0.121 e. The van der Waals surface area contributed by atoms with Gasteiger partial charge in [0.2, 0.25) is 0 Å². The SMILES string of the molecule is COc1ccc([C@H]2NCC[C@@H]2C)cc1C. The first-order valence-electron chi connectivity index (χ1n) is 5.60. The number of methoxy groups -OCH3 is 1. The summed E-state index contributed by atoms with van der Waals surface area (Å²) in [4.78, 5) is 0. The van der Waals surface area contributed by atoms with E-state index in [1.807, 2.05) is 0 Å². The minimum absolute atomic E-state index is 0.523. The van der Waals surface area contributed by atoms with E-state index in [1.54, 1.807) is 7.11 Å². The maximum atomic E-state index is 5.27. The van der Waals surface area contributed by atoms with Crippen LogP contribution in [0, 0.1) is 12.8 Å². The zero-order valence-electron chi connectivity index (χ0n) is 9.71. The van der Waals surface area contributed by atoms with Crippen LogP contribution in [0.25, 0.3) is 0 Å². The predicted molar refractivity (Wildman–Crippen MR) is 62.3 cm³/mol. The quantitative estimate of drug-likeness (QED) is 0.801. The minimum Gasteiger partial charge on any atom is -0.496 e. The molecule has 1 N–H and O–H groups in total. The standard InChI is InChI=1S/C13H19NO/c1-9-6-7-14-13(9)11-4-5-12(15-3)10(2)8-11/h4-5,8-9,13-14H,6-7H2,1-3H3/t9-,13-/m0/s1. The van der Waals surface area contributed by atoms with Crippen LogP contribution in [-0.2, 0) is 0 Å². The minimum atomic E-state index is 0.523. The largest absolute Gasteiger partial charge is 0.496 e. The highest BCUT2D eigenvalue weighted by Gasteiger charge is 2.24. The summed E-state index contributed by atoms with van der Waals surface area (Å²) in [5.41, 5.74) is 2.61. The average molecular weight is 205 g/mol. The van der Waals surface area contributed by atoms with Crippen LogP contribution < -0.4 is 10.1 Å². The molecule has 1 aromatic carbocycles. The Morgan fingerprint density at radius 2 is 2.20 bits per heavy atom. The van der Waals surface area contributed by atoms with E-state index in [1.165, 1.54) is 17.5 Å². The van der Waals surface area contributed by atoms with Crippen LogP contribution in [0.5, 0.6) is 5.75 Å². The van der Waals surface area contributed by atoms with Gasteiger partial charge in [0.05, 0.1) is 7.11 Å². The Kier molecular flexibility index (Phi) is 2.96. The van der Waals surface area contributed by atoms with Gasteiger partial charge in [-0.05, 0) is 43.0 Å². The number of nitrogens with one attached hydrogen (secondary N) is 1. The third-order valence-electron chi connectivity index (χ3n) is 3.31. The highest BCUT2D eigenvalue weighted by molar-refractivity contribution is 5.37. The van der Waals surface area contributed by atoms with Gasteiger partial charge in [-0.15, -0.1) is 0 Å². The summed E-state index contributed by atoms with van der Waals surface area (Å²) < 4.78 is 5.27. The molecule has 2 rings (SSSR count). The second-order valence-electron chi connectivity index (χ2n) is 4.43. The van der Waals surface area contributed by atoms with Crippen molar-refractivity contribution in [1.82, 2.24) is 5.32 Å². The van der Waals surface area contributed by atoms with Crippen molar-refractivity contribution >= 4 is 0 Å². The summed E-state index contributed by atoms with van der Waals surface area (Å²) in [6.45, 7) is 5.54. The van der Waals surface area contributed by atoms with E-state index in [4.69, 9.17) is 4.74 Å². The van der Waals surface area contributed by atoms with Crippen molar-refractivity contribution in [2.45, 2.75) is 26.3 Å². The van der Waals surface area contributed by atoms with Gasteiger partial charge in [-0.2, -0.15) is 0 Å². The topological polar surface area (TPSA) is 21.3 Å². The molecular formula is C13H19NO. The Labute approximate surface area is 91.6 Å². The number of hydrogen-bond donors (Lipinski definition) is 1. The maximum absolute atomic E-state index is 5.27. The van der Waals surface area contributed by atoms with Crippen LogP contribution in [0.3, 0.4) is 0 Å². The van der Waals surface area contributed by atoms with Gasteiger partial charge in [0.15, 0.2) is 0 Å². The van der Waals surface area contributed by atoms with Crippen molar-refractivity contribution in [3.63, 3.8) is 0 Å². The van der Waals surface area contributed by atoms with Crippen molar-refractivity contribution in [3.8, 4) is 5.75 Å². The van der Waals surface area contributed by atoms with Crippen LogP contribution in [-0.4, -0.2) is 13.7 Å². The summed E-state index contributed by atoms with van der Waals surface area (Å²) in [5, 5.41) is 3.55. The summed E-state index contributed by atoms with van der Waals surface area (Å²) >= 11 is 0. The second kappa shape index (κ2) is 4.23. The molecule has 2 atom stereocenters. The van der Waals surface area contributed by atoms with Gasteiger partial charge in [0.1, 0.15) is 5.75 Å². The molecule has 0 saturated carbocycles. The molecule has 2 nitrogen and oxygen atoms in total. The van der Waals surface area contributed by atoms with Crippen molar-refractivity contribution in [3.05, 3.63) is 29.3 Å². The summed E-state index contributed by atoms with van der Waals surface area (Å²) in [5.74, 6) is 1.71. The molecule has 1 heterocycles. The molecule has 0 bridgehead atoms. The number of hydrogen-bond acceptors (Lipinski definition) is 2. The zero-order valence-corrected chi connectivity index (χ0v) is 9.71. The van der Waals surface area contributed by atoms with E-state index in [2.05, 4.69) is 37.4 Å². The molecule has 15 heavy (non-hydrogen) atoms. The first-order chi connectivity index (χ1) is 7.22. The number of aryl methyl sites for hydroxylation is 1. The average Bonchev–Trinajstić information content (AvgIpc) is 2.64. The van der Waals surface area contributed by atoms with Gasteiger partial charge < -0.3 is 10.1 Å². The molecule has 2 heteroatoms. The third kappa shape index (κ3) is 2.00. The lowest BCUT2D eigenvalue weighted by Gasteiger charge is -2.17. The van der Waals surface area contributed by atoms with Crippen molar-refractivity contribution in [1.29, 1.82) is 0 Å². The molecule has 0 aliphatic carbocycles. The van der Waals surface area contributed by atoms with Crippen molar-refractivity contribution in [2.75, 3.05) is 13.7 Å². The molecule has 0 amide bonds. The van der Waals surface area contributed by atoms with Crippen LogP contribution in [0.15, 0.2) is 18.2 Å². The Hall–Kier alpha value is -1.02. The van der Waals surface area contributed by atoms with Gasteiger partial charge in [0, 0.05) is 6.04 Å². The summed E-state index contributed by atoms with van der Waals surface area (Å²) in [7, 11) is 1.72. The molecule has 0 spiro atoms. The lowest BCUT2D eigenvalue weighted by Crippen LogP contribution is -2.16.